The zero-order valence-electron chi connectivity index (χ0n) is 29.3. The number of ether oxygens (including phenoxy) is 2. The number of likely N-dealkylation sites (tertiary alicyclic amines) is 1. The van der Waals surface area contributed by atoms with Gasteiger partial charge in [0.25, 0.3) is 0 Å². The Morgan fingerprint density at radius 2 is 1.60 bits per heavy atom. The first-order valence-corrected chi connectivity index (χ1v) is 17.6. The molecular formula is C41H44F3N3O5. The summed E-state index contributed by atoms with van der Waals surface area (Å²) in [5, 5.41) is 12.3. The van der Waals surface area contributed by atoms with Crippen LogP contribution in [0.4, 0.5) is 13.2 Å². The predicted molar refractivity (Wildman–Crippen MR) is 190 cm³/mol. The molecule has 0 bridgehead atoms. The largest absolute Gasteiger partial charge is 0.471 e. The number of hydrogen-bond acceptors (Lipinski definition) is 6. The quantitative estimate of drug-likeness (QED) is 0.170. The van der Waals surface area contributed by atoms with Gasteiger partial charge in [0, 0.05) is 37.7 Å². The van der Waals surface area contributed by atoms with Gasteiger partial charge in [0.05, 0.1) is 18.8 Å². The zero-order valence-corrected chi connectivity index (χ0v) is 29.3. The van der Waals surface area contributed by atoms with E-state index in [1.165, 1.54) is 5.56 Å². The average Bonchev–Trinajstić information content (AvgIpc) is 3.66. The highest BCUT2D eigenvalue weighted by atomic mass is 19.4. The van der Waals surface area contributed by atoms with E-state index < -0.39 is 30.3 Å². The number of halogens is 3. The number of nitrogens with one attached hydrogen (secondary N) is 1. The van der Waals surface area contributed by atoms with Crippen LogP contribution in [0.5, 0.6) is 0 Å². The molecule has 0 aromatic heterocycles. The second kappa shape index (κ2) is 16.4. The molecule has 274 valence electrons. The predicted octanol–water partition coefficient (Wildman–Crippen LogP) is 7.25. The Hall–Kier alpha value is -4.55. The Morgan fingerprint density at radius 3 is 2.29 bits per heavy atom. The van der Waals surface area contributed by atoms with Crippen LogP contribution in [-0.4, -0.2) is 65.2 Å². The third-order valence-corrected chi connectivity index (χ3v) is 10.1. The van der Waals surface area contributed by atoms with Gasteiger partial charge in [0.2, 0.25) is 5.91 Å². The molecule has 2 saturated heterocycles. The second-order valence-corrected chi connectivity index (χ2v) is 13.5. The van der Waals surface area contributed by atoms with Gasteiger partial charge in [-0.25, -0.2) is 0 Å². The van der Waals surface area contributed by atoms with Crippen molar-refractivity contribution in [2.75, 3.05) is 20.1 Å². The number of aliphatic hydroxyl groups excluding tert-OH is 1. The molecule has 5 unspecified atom stereocenters. The van der Waals surface area contributed by atoms with Gasteiger partial charge in [-0.3, -0.25) is 14.5 Å². The molecule has 2 N–H and O–H groups in total. The number of carbonyl (C=O) groups excluding carboxylic acids is 2. The molecule has 6 rings (SSSR count). The van der Waals surface area contributed by atoms with Crippen molar-refractivity contribution in [2.45, 2.75) is 76.1 Å². The number of rotatable bonds is 11. The lowest BCUT2D eigenvalue weighted by Crippen LogP contribution is -2.50. The molecular weight excluding hydrogens is 671 g/mol. The first-order valence-electron chi connectivity index (χ1n) is 17.6. The van der Waals surface area contributed by atoms with E-state index in [1.54, 1.807) is 0 Å². The highest BCUT2D eigenvalue weighted by Crippen LogP contribution is 2.39. The number of hydrogen-bond donors (Lipinski definition) is 2. The van der Waals surface area contributed by atoms with Crippen LogP contribution in [0, 0.1) is 0 Å². The molecule has 4 aromatic rings. The maximum Gasteiger partial charge on any atom is 0.471 e. The van der Waals surface area contributed by atoms with E-state index in [-0.39, 0.29) is 44.4 Å². The topological polar surface area (TPSA) is 91.3 Å². The molecule has 0 aliphatic carbocycles. The van der Waals surface area contributed by atoms with Crippen LogP contribution in [0.25, 0.3) is 11.1 Å². The van der Waals surface area contributed by atoms with Crippen LogP contribution in [0.3, 0.4) is 0 Å². The van der Waals surface area contributed by atoms with Gasteiger partial charge >= 0.3 is 12.1 Å². The fraction of sp³-hybridized carbons (Fsp3) is 0.366. The standard InChI is InChI=1S/C41H44F3N3O5/c1-27(29-9-4-3-5-10-29)46(2)25-34-23-37(31-16-14-28(26-48)15-17-31)52-39(51-34)32-20-18-30(19-21-32)35-12-7-6-11-33(35)24-45-38(49)36-13-8-22-47(36)40(50)41(42,43)44/h3-7,9-12,14-21,27,34,36-37,39,48H,8,13,22-26H2,1-2H3,(H,45,49). The summed E-state index contributed by atoms with van der Waals surface area (Å²) in [5.74, 6) is -2.59. The maximum absolute atomic E-state index is 13.1. The Labute approximate surface area is 302 Å². The Bertz CT molecular complexity index is 1800. The molecule has 2 amide bonds. The summed E-state index contributed by atoms with van der Waals surface area (Å²) in [7, 11) is 2.09. The summed E-state index contributed by atoms with van der Waals surface area (Å²) in [6.45, 7) is 2.81. The minimum absolute atomic E-state index is 0.0354. The van der Waals surface area contributed by atoms with Crippen molar-refractivity contribution < 1.29 is 37.3 Å². The summed E-state index contributed by atoms with van der Waals surface area (Å²) in [6, 6.07) is 32.5. The van der Waals surface area contributed by atoms with Gasteiger partial charge < -0.3 is 24.8 Å². The van der Waals surface area contributed by atoms with Crippen molar-refractivity contribution in [1.82, 2.24) is 15.1 Å². The number of nitrogens with zero attached hydrogens (tertiary/aromatic N) is 2. The van der Waals surface area contributed by atoms with Gasteiger partial charge in [-0.15, -0.1) is 0 Å². The number of amides is 2. The van der Waals surface area contributed by atoms with Crippen molar-refractivity contribution >= 4 is 11.8 Å². The van der Waals surface area contributed by atoms with E-state index >= 15 is 0 Å². The number of aliphatic hydroxyl groups is 1. The first-order chi connectivity index (χ1) is 25.0. The lowest BCUT2D eigenvalue weighted by Gasteiger charge is -2.39. The van der Waals surface area contributed by atoms with Crippen molar-refractivity contribution in [3.63, 3.8) is 0 Å². The summed E-state index contributed by atoms with van der Waals surface area (Å²) < 4.78 is 52.5. The fourth-order valence-electron chi connectivity index (χ4n) is 7.02. The Kier molecular flexibility index (Phi) is 11.7. The van der Waals surface area contributed by atoms with E-state index in [4.69, 9.17) is 9.47 Å². The van der Waals surface area contributed by atoms with Crippen LogP contribution in [0.2, 0.25) is 0 Å². The fourth-order valence-corrected chi connectivity index (χ4v) is 7.02. The smallest absolute Gasteiger partial charge is 0.392 e. The SMILES string of the molecule is CC(c1ccccc1)N(C)CC1CC(c2ccc(CO)cc2)OC(c2ccc(-c3ccccc3CNC(=O)C3CCCN3C(=O)C(F)(F)F)cc2)O1. The maximum atomic E-state index is 13.1. The van der Waals surface area contributed by atoms with Crippen LogP contribution >= 0.6 is 0 Å². The molecule has 2 aliphatic rings. The van der Waals surface area contributed by atoms with Gasteiger partial charge in [0.15, 0.2) is 6.29 Å². The number of carbonyl (C=O) groups is 2. The second-order valence-electron chi connectivity index (χ2n) is 13.5. The summed E-state index contributed by atoms with van der Waals surface area (Å²) >= 11 is 0. The summed E-state index contributed by atoms with van der Waals surface area (Å²) in [5.41, 5.74) is 6.40. The first kappa shape index (κ1) is 37.2. The van der Waals surface area contributed by atoms with Gasteiger partial charge in [-0.1, -0.05) is 103 Å². The van der Waals surface area contributed by atoms with Gasteiger partial charge in [0.1, 0.15) is 6.04 Å². The molecule has 2 heterocycles. The van der Waals surface area contributed by atoms with Crippen molar-refractivity contribution in [3.05, 3.63) is 131 Å². The van der Waals surface area contributed by atoms with Crippen LogP contribution in [0.1, 0.15) is 72.4 Å². The van der Waals surface area contributed by atoms with E-state index in [1.807, 2.05) is 91.0 Å². The minimum atomic E-state index is -5.03. The number of likely N-dealkylation sites (N-methyl/N-ethyl adjacent to an activating group) is 1. The monoisotopic (exact) mass is 715 g/mol. The van der Waals surface area contributed by atoms with Crippen molar-refractivity contribution in [1.29, 1.82) is 0 Å². The normalized spacial score (nSPS) is 21.2. The lowest BCUT2D eigenvalue weighted by atomic mass is 9.97. The Morgan fingerprint density at radius 1 is 0.923 bits per heavy atom. The number of benzene rings is 4. The molecule has 8 nitrogen and oxygen atoms in total. The molecule has 52 heavy (non-hydrogen) atoms. The van der Waals surface area contributed by atoms with Crippen molar-refractivity contribution in [2.24, 2.45) is 0 Å². The van der Waals surface area contributed by atoms with Crippen molar-refractivity contribution in [3.8, 4) is 11.1 Å². The summed E-state index contributed by atoms with van der Waals surface area (Å²) in [4.78, 5) is 27.8. The average molecular weight is 716 g/mol. The van der Waals surface area contributed by atoms with E-state index in [2.05, 4.69) is 36.3 Å². The molecule has 0 saturated carbocycles. The molecule has 0 spiro atoms. The minimum Gasteiger partial charge on any atom is -0.392 e. The van der Waals surface area contributed by atoms with Crippen LogP contribution in [0.15, 0.2) is 103 Å². The van der Waals surface area contributed by atoms with Crippen LogP contribution in [-0.2, 0) is 32.2 Å². The van der Waals surface area contributed by atoms with E-state index in [9.17, 15) is 27.9 Å². The molecule has 4 aromatic carbocycles. The molecule has 11 heteroatoms. The molecule has 2 fully saturated rings. The highest BCUT2D eigenvalue weighted by Gasteiger charge is 2.47. The lowest BCUT2D eigenvalue weighted by molar-refractivity contribution is -0.253. The Balaban J connectivity index is 1.17. The molecule has 0 radical (unpaired) electrons. The number of alkyl halides is 3. The molecule has 2 aliphatic heterocycles. The molecule has 5 atom stereocenters. The highest BCUT2D eigenvalue weighted by molar-refractivity contribution is 5.90. The van der Waals surface area contributed by atoms with Gasteiger partial charge in [-0.2, -0.15) is 13.2 Å². The summed E-state index contributed by atoms with van der Waals surface area (Å²) in [6.07, 6.45) is -4.87. The van der Waals surface area contributed by atoms with E-state index in [0.717, 1.165) is 33.4 Å². The van der Waals surface area contributed by atoms with Gasteiger partial charge in [-0.05, 0) is 60.2 Å². The third kappa shape index (κ3) is 8.73. The zero-order chi connectivity index (χ0) is 36.8. The third-order valence-electron chi connectivity index (χ3n) is 10.1. The van der Waals surface area contributed by atoms with E-state index in [0.29, 0.717) is 24.3 Å². The van der Waals surface area contributed by atoms with Crippen LogP contribution < -0.4 is 5.32 Å².